The van der Waals surface area contributed by atoms with E-state index >= 15 is 0 Å². The Bertz CT molecular complexity index is 367. The number of hydrogen-bond donors (Lipinski definition) is 0. The minimum Gasteiger partial charge on any atom is -0.254 e. The largest absolute Gasteiger partial charge is 0.254 e. The molecular weight excluding hydrogens is 208 g/mol. The first kappa shape index (κ1) is 14.1. The van der Waals surface area contributed by atoms with Crippen molar-refractivity contribution in [2.75, 3.05) is 0 Å². The lowest BCUT2D eigenvalue weighted by atomic mass is 10.0. The van der Waals surface area contributed by atoms with Crippen molar-refractivity contribution in [3.63, 3.8) is 0 Å². The van der Waals surface area contributed by atoms with Crippen molar-refractivity contribution >= 4 is 0 Å². The van der Waals surface area contributed by atoms with E-state index in [0.717, 1.165) is 25.0 Å². The van der Waals surface area contributed by atoms with Gasteiger partial charge >= 0.3 is 0 Å². The standard InChI is InChI=1S/C15H26N2/c1-7-13-15(9-11(4)5)16-12(6)14(17-13)8-10(2)3/h10-11H,7-9H2,1-6H3. The molecule has 0 unspecified atom stereocenters. The van der Waals surface area contributed by atoms with Gasteiger partial charge in [0.15, 0.2) is 0 Å². The molecule has 0 aliphatic heterocycles. The third-order valence-corrected chi connectivity index (χ3v) is 2.86. The molecule has 0 saturated heterocycles. The maximum Gasteiger partial charge on any atom is 0.0624 e. The van der Waals surface area contributed by atoms with Gasteiger partial charge < -0.3 is 0 Å². The molecule has 0 saturated carbocycles. The molecule has 0 fully saturated rings. The average molecular weight is 234 g/mol. The first-order valence-electron chi connectivity index (χ1n) is 6.79. The van der Waals surface area contributed by atoms with E-state index in [0.29, 0.717) is 11.8 Å². The van der Waals surface area contributed by atoms with Crippen LogP contribution in [0.3, 0.4) is 0 Å². The van der Waals surface area contributed by atoms with Crippen LogP contribution in [0.25, 0.3) is 0 Å². The molecule has 0 radical (unpaired) electrons. The highest BCUT2D eigenvalue weighted by atomic mass is 14.8. The summed E-state index contributed by atoms with van der Waals surface area (Å²) >= 11 is 0. The van der Waals surface area contributed by atoms with Gasteiger partial charge in [-0.25, -0.2) is 0 Å². The van der Waals surface area contributed by atoms with Crippen molar-refractivity contribution in [2.45, 2.75) is 60.8 Å². The fraction of sp³-hybridized carbons (Fsp3) is 0.733. The van der Waals surface area contributed by atoms with Crippen molar-refractivity contribution in [1.29, 1.82) is 0 Å². The van der Waals surface area contributed by atoms with E-state index < -0.39 is 0 Å². The minimum absolute atomic E-state index is 0.642. The van der Waals surface area contributed by atoms with E-state index in [9.17, 15) is 0 Å². The first-order chi connectivity index (χ1) is 7.93. The van der Waals surface area contributed by atoms with Crippen molar-refractivity contribution in [3.8, 4) is 0 Å². The lowest BCUT2D eigenvalue weighted by molar-refractivity contribution is 0.604. The molecule has 0 atom stereocenters. The second kappa shape index (κ2) is 6.13. The zero-order chi connectivity index (χ0) is 13.0. The number of aromatic nitrogens is 2. The highest BCUT2D eigenvalue weighted by molar-refractivity contribution is 5.20. The Balaban J connectivity index is 3.06. The van der Waals surface area contributed by atoms with E-state index in [1.165, 1.54) is 17.1 Å². The van der Waals surface area contributed by atoms with Crippen LogP contribution in [0.2, 0.25) is 0 Å². The van der Waals surface area contributed by atoms with Crippen molar-refractivity contribution in [3.05, 3.63) is 22.8 Å². The number of nitrogens with zero attached hydrogens (tertiary/aromatic N) is 2. The zero-order valence-electron chi connectivity index (χ0n) is 12.2. The Morgan fingerprint density at radius 3 is 1.82 bits per heavy atom. The molecule has 1 aromatic heterocycles. The first-order valence-corrected chi connectivity index (χ1v) is 6.79. The molecule has 17 heavy (non-hydrogen) atoms. The highest BCUT2D eigenvalue weighted by Gasteiger charge is 2.12. The maximum atomic E-state index is 4.82. The molecule has 1 heterocycles. The van der Waals surface area contributed by atoms with E-state index in [1.54, 1.807) is 0 Å². The Hall–Kier alpha value is -0.920. The monoisotopic (exact) mass is 234 g/mol. The van der Waals surface area contributed by atoms with E-state index in [1.807, 2.05) is 0 Å². The summed E-state index contributed by atoms with van der Waals surface area (Å²) in [7, 11) is 0. The van der Waals surface area contributed by atoms with Crippen LogP contribution in [0.4, 0.5) is 0 Å². The van der Waals surface area contributed by atoms with Gasteiger partial charge in [-0.15, -0.1) is 0 Å². The lowest BCUT2D eigenvalue weighted by Gasteiger charge is -2.14. The van der Waals surface area contributed by atoms with Gasteiger partial charge in [-0.2, -0.15) is 0 Å². The van der Waals surface area contributed by atoms with Crippen molar-refractivity contribution in [1.82, 2.24) is 9.97 Å². The molecule has 1 aromatic rings. The Morgan fingerprint density at radius 2 is 1.35 bits per heavy atom. The third kappa shape index (κ3) is 4.10. The Labute approximate surface area is 106 Å². The van der Waals surface area contributed by atoms with Crippen molar-refractivity contribution < 1.29 is 0 Å². The topological polar surface area (TPSA) is 25.8 Å². The fourth-order valence-electron chi connectivity index (χ4n) is 2.05. The van der Waals surface area contributed by atoms with Gasteiger partial charge in [-0.3, -0.25) is 9.97 Å². The Kier molecular flexibility index (Phi) is 5.10. The molecule has 1 rings (SSSR count). The zero-order valence-corrected chi connectivity index (χ0v) is 12.2. The third-order valence-electron chi connectivity index (χ3n) is 2.86. The molecule has 0 amide bonds. The molecule has 96 valence electrons. The van der Waals surface area contributed by atoms with Crippen LogP contribution in [-0.2, 0) is 19.3 Å². The molecule has 0 spiro atoms. The normalized spacial score (nSPS) is 11.5. The smallest absolute Gasteiger partial charge is 0.0624 e. The van der Waals surface area contributed by atoms with Gasteiger partial charge in [0.1, 0.15) is 0 Å². The summed E-state index contributed by atoms with van der Waals surface area (Å²) in [6, 6.07) is 0. The fourth-order valence-corrected chi connectivity index (χ4v) is 2.05. The van der Waals surface area contributed by atoms with Crippen LogP contribution >= 0.6 is 0 Å². The van der Waals surface area contributed by atoms with Crippen LogP contribution in [-0.4, -0.2) is 9.97 Å². The molecule has 0 bridgehead atoms. The number of hydrogen-bond acceptors (Lipinski definition) is 2. The van der Waals surface area contributed by atoms with Gasteiger partial charge in [-0.1, -0.05) is 34.6 Å². The number of aryl methyl sites for hydroxylation is 2. The van der Waals surface area contributed by atoms with Gasteiger partial charge in [0.2, 0.25) is 0 Å². The summed E-state index contributed by atoms with van der Waals surface area (Å²) in [6.07, 6.45) is 3.06. The molecule has 0 aromatic carbocycles. The maximum absolute atomic E-state index is 4.82. The molecule has 2 heteroatoms. The summed E-state index contributed by atoms with van der Waals surface area (Å²) in [5.74, 6) is 1.29. The molecule has 2 nitrogen and oxygen atoms in total. The van der Waals surface area contributed by atoms with Crippen LogP contribution in [0.1, 0.15) is 57.4 Å². The lowest BCUT2D eigenvalue weighted by Crippen LogP contribution is -2.11. The quantitative estimate of drug-likeness (QED) is 0.775. The highest BCUT2D eigenvalue weighted by Crippen LogP contribution is 2.16. The number of rotatable bonds is 5. The molecular formula is C15H26N2. The van der Waals surface area contributed by atoms with E-state index in [-0.39, 0.29) is 0 Å². The van der Waals surface area contributed by atoms with Gasteiger partial charge in [0.25, 0.3) is 0 Å². The second-order valence-corrected chi connectivity index (χ2v) is 5.70. The SMILES string of the molecule is CCc1nc(CC(C)C)c(C)nc1CC(C)C. The van der Waals surface area contributed by atoms with Gasteiger partial charge in [0.05, 0.1) is 22.8 Å². The molecule has 0 N–H and O–H groups in total. The summed E-state index contributed by atoms with van der Waals surface area (Å²) in [4.78, 5) is 9.60. The van der Waals surface area contributed by atoms with Crippen molar-refractivity contribution in [2.24, 2.45) is 11.8 Å². The summed E-state index contributed by atoms with van der Waals surface area (Å²) in [5, 5.41) is 0. The predicted molar refractivity (Wildman–Crippen MR) is 73.2 cm³/mol. The second-order valence-electron chi connectivity index (χ2n) is 5.70. The minimum atomic E-state index is 0.642. The molecule has 0 aliphatic carbocycles. The molecule has 0 aliphatic rings. The van der Waals surface area contributed by atoms with E-state index in [2.05, 4.69) is 41.5 Å². The van der Waals surface area contributed by atoms with Crippen LogP contribution < -0.4 is 0 Å². The summed E-state index contributed by atoms with van der Waals surface area (Å²) in [5.41, 5.74) is 4.70. The average Bonchev–Trinajstić information content (AvgIpc) is 2.20. The Morgan fingerprint density at radius 1 is 0.824 bits per heavy atom. The van der Waals surface area contributed by atoms with Gasteiger partial charge in [0, 0.05) is 0 Å². The summed E-state index contributed by atoms with van der Waals surface area (Å²) in [6.45, 7) is 13.2. The predicted octanol–water partition coefficient (Wildman–Crippen LogP) is 3.74. The van der Waals surface area contributed by atoms with Crippen LogP contribution in [0.15, 0.2) is 0 Å². The summed E-state index contributed by atoms with van der Waals surface area (Å²) < 4.78 is 0. The van der Waals surface area contributed by atoms with Crippen LogP contribution in [0.5, 0.6) is 0 Å². The van der Waals surface area contributed by atoms with E-state index in [4.69, 9.17) is 9.97 Å². The van der Waals surface area contributed by atoms with Crippen LogP contribution in [0, 0.1) is 18.8 Å². The van der Waals surface area contributed by atoms with Gasteiger partial charge in [-0.05, 0) is 38.0 Å².